The quantitative estimate of drug-likeness (QED) is 0.527. The molecule has 0 bridgehead atoms. The lowest BCUT2D eigenvalue weighted by atomic mass is 9.96. The number of cyclic esters (lactones) is 1. The number of hydrogen-bond donors (Lipinski definition) is 4. The lowest BCUT2D eigenvalue weighted by Crippen LogP contribution is -2.60. The first-order valence-electron chi connectivity index (χ1n) is 9.19. The summed E-state index contributed by atoms with van der Waals surface area (Å²) in [6.07, 6.45) is -7.85. The Morgan fingerprint density at radius 1 is 1.14 bits per heavy atom. The summed E-state index contributed by atoms with van der Waals surface area (Å²) in [5.74, 6) is 0.171. The zero-order valence-electron chi connectivity index (χ0n) is 15.8. The molecule has 4 N–H and O–H groups in total. The highest BCUT2D eigenvalue weighted by Gasteiger charge is 2.46. The predicted molar refractivity (Wildman–Crippen MR) is 98.7 cm³/mol. The van der Waals surface area contributed by atoms with Gasteiger partial charge in [-0.3, -0.25) is 0 Å². The van der Waals surface area contributed by atoms with E-state index in [2.05, 4.69) is 0 Å². The summed E-state index contributed by atoms with van der Waals surface area (Å²) in [5.41, 5.74) is 0.779. The van der Waals surface area contributed by atoms with E-state index in [0.717, 1.165) is 0 Å². The fourth-order valence-electron chi connectivity index (χ4n) is 3.83. The van der Waals surface area contributed by atoms with Crippen molar-refractivity contribution < 1.29 is 44.2 Å². The third kappa shape index (κ3) is 3.11. The van der Waals surface area contributed by atoms with Crippen LogP contribution in [-0.2, 0) is 9.47 Å². The highest BCUT2D eigenvalue weighted by Crippen LogP contribution is 2.46. The van der Waals surface area contributed by atoms with E-state index in [1.54, 1.807) is 31.2 Å². The molecule has 2 aromatic rings. The van der Waals surface area contributed by atoms with E-state index in [4.69, 9.17) is 18.9 Å². The molecule has 6 atom stereocenters. The molecule has 0 amide bonds. The summed E-state index contributed by atoms with van der Waals surface area (Å²) in [6, 6.07) is 6.93. The molecule has 6 unspecified atom stereocenters. The Labute approximate surface area is 166 Å². The summed E-state index contributed by atoms with van der Waals surface area (Å²) >= 11 is 0. The zero-order valence-corrected chi connectivity index (χ0v) is 15.8. The highest BCUT2D eigenvalue weighted by atomic mass is 16.7. The Hall–Kier alpha value is -2.43. The average Bonchev–Trinajstić information content (AvgIpc) is 3.00. The number of rotatable bonds is 4. The van der Waals surface area contributed by atoms with Crippen molar-refractivity contribution >= 4 is 16.7 Å². The van der Waals surface area contributed by atoms with Crippen LogP contribution in [0.25, 0.3) is 10.8 Å². The van der Waals surface area contributed by atoms with Crippen LogP contribution in [0.4, 0.5) is 0 Å². The summed E-state index contributed by atoms with van der Waals surface area (Å²) < 4.78 is 22.2. The molecule has 2 aliphatic rings. The molecule has 1 saturated heterocycles. The number of methoxy groups -OCH3 is 1. The summed E-state index contributed by atoms with van der Waals surface area (Å²) in [4.78, 5) is 12.3. The fourth-order valence-corrected chi connectivity index (χ4v) is 3.83. The summed E-state index contributed by atoms with van der Waals surface area (Å²) in [5, 5.41) is 41.0. The number of carbonyl (C=O) groups is 1. The van der Waals surface area contributed by atoms with Crippen molar-refractivity contribution in [2.45, 2.75) is 43.7 Å². The number of aliphatic hydroxyl groups excluding tert-OH is 4. The Kier molecular flexibility index (Phi) is 5.09. The van der Waals surface area contributed by atoms with Crippen molar-refractivity contribution in [2.24, 2.45) is 0 Å². The van der Waals surface area contributed by atoms with Gasteiger partial charge in [-0.05, 0) is 24.4 Å². The Balaban J connectivity index is 1.86. The molecule has 0 aromatic heterocycles. The van der Waals surface area contributed by atoms with E-state index >= 15 is 0 Å². The van der Waals surface area contributed by atoms with Gasteiger partial charge in [0.05, 0.1) is 24.7 Å². The van der Waals surface area contributed by atoms with Crippen molar-refractivity contribution in [3.63, 3.8) is 0 Å². The summed E-state index contributed by atoms with van der Waals surface area (Å²) in [7, 11) is 1.49. The van der Waals surface area contributed by atoms with Crippen molar-refractivity contribution in [1.82, 2.24) is 0 Å². The van der Waals surface area contributed by atoms with E-state index in [0.29, 0.717) is 27.6 Å². The van der Waals surface area contributed by atoms with Gasteiger partial charge in [0.1, 0.15) is 42.0 Å². The Morgan fingerprint density at radius 2 is 1.90 bits per heavy atom. The molecule has 0 radical (unpaired) electrons. The average molecular weight is 406 g/mol. The highest BCUT2D eigenvalue weighted by molar-refractivity contribution is 6.04. The molecule has 29 heavy (non-hydrogen) atoms. The number of hydrogen-bond acceptors (Lipinski definition) is 9. The van der Waals surface area contributed by atoms with Gasteiger partial charge in [0.15, 0.2) is 0 Å². The topological polar surface area (TPSA) is 135 Å². The minimum Gasteiger partial charge on any atom is -0.496 e. The molecule has 9 heteroatoms. The molecular formula is C20H22O9. The van der Waals surface area contributed by atoms with Crippen LogP contribution in [0.15, 0.2) is 24.3 Å². The maximum absolute atomic E-state index is 12.3. The number of ether oxygens (including phenoxy) is 4. The number of esters is 1. The van der Waals surface area contributed by atoms with Crippen LogP contribution in [0.1, 0.15) is 28.9 Å². The minimum absolute atomic E-state index is 0.206. The molecule has 1 fully saturated rings. The predicted octanol–water partition coefficient (Wildman–Crippen LogP) is 0.258. The molecule has 156 valence electrons. The molecule has 0 saturated carbocycles. The van der Waals surface area contributed by atoms with E-state index in [-0.39, 0.29) is 5.75 Å². The third-order valence-corrected chi connectivity index (χ3v) is 5.33. The van der Waals surface area contributed by atoms with Gasteiger partial charge in [0.25, 0.3) is 0 Å². The third-order valence-electron chi connectivity index (χ3n) is 5.33. The first kappa shape index (κ1) is 19.9. The van der Waals surface area contributed by atoms with Gasteiger partial charge in [-0.25, -0.2) is 4.79 Å². The number of fused-ring (bicyclic) bond motifs is 2. The molecule has 2 aromatic carbocycles. The lowest BCUT2D eigenvalue weighted by Gasteiger charge is -2.40. The van der Waals surface area contributed by atoms with E-state index in [1.165, 1.54) is 7.11 Å². The van der Waals surface area contributed by atoms with Crippen LogP contribution >= 0.6 is 0 Å². The monoisotopic (exact) mass is 406 g/mol. The van der Waals surface area contributed by atoms with E-state index in [1.807, 2.05) is 0 Å². The normalized spacial score (nSPS) is 31.4. The SMILES string of the molecule is COc1cccc2cc3c(c(OC4OC(CO)C(O)C(O)C4O)c12)C(C)OC3=O. The van der Waals surface area contributed by atoms with Gasteiger partial charge in [-0.1, -0.05) is 12.1 Å². The second-order valence-corrected chi connectivity index (χ2v) is 7.09. The Bertz CT molecular complexity index is 941. The largest absolute Gasteiger partial charge is 0.496 e. The maximum Gasteiger partial charge on any atom is 0.339 e. The van der Waals surface area contributed by atoms with Crippen LogP contribution < -0.4 is 9.47 Å². The van der Waals surface area contributed by atoms with Gasteiger partial charge in [-0.15, -0.1) is 0 Å². The van der Waals surface area contributed by atoms with Gasteiger partial charge in [0, 0.05) is 5.56 Å². The molecule has 2 aliphatic heterocycles. The van der Waals surface area contributed by atoms with Gasteiger partial charge in [-0.2, -0.15) is 0 Å². The van der Waals surface area contributed by atoms with Crippen LogP contribution in [0, 0.1) is 0 Å². The zero-order chi connectivity index (χ0) is 20.9. The van der Waals surface area contributed by atoms with Crippen molar-refractivity contribution in [2.75, 3.05) is 13.7 Å². The Morgan fingerprint density at radius 3 is 2.59 bits per heavy atom. The number of benzene rings is 2. The molecule has 0 aliphatic carbocycles. The molecular weight excluding hydrogens is 384 g/mol. The smallest absolute Gasteiger partial charge is 0.339 e. The molecule has 0 spiro atoms. The first-order chi connectivity index (χ1) is 13.9. The number of carbonyl (C=O) groups excluding carboxylic acids is 1. The molecule has 2 heterocycles. The molecule has 9 nitrogen and oxygen atoms in total. The van der Waals surface area contributed by atoms with Crippen molar-refractivity contribution in [1.29, 1.82) is 0 Å². The fraction of sp³-hybridized carbons (Fsp3) is 0.450. The number of aliphatic hydroxyl groups is 4. The van der Waals surface area contributed by atoms with Crippen LogP contribution in [0.2, 0.25) is 0 Å². The van der Waals surface area contributed by atoms with E-state index < -0.39 is 49.4 Å². The maximum atomic E-state index is 12.3. The standard InChI is InChI=1S/C20H22O9/c1-8-13-10(19(25)27-8)6-9-4-3-5-11(26-2)14(9)18(13)29-20-17(24)16(23)15(22)12(7-21)28-20/h3-6,8,12,15-17,20-24H,7H2,1-2H3. The minimum atomic E-state index is -1.60. The van der Waals surface area contributed by atoms with Crippen LogP contribution in [-0.4, -0.2) is 70.8 Å². The first-order valence-corrected chi connectivity index (χ1v) is 9.19. The van der Waals surface area contributed by atoms with Gasteiger partial charge >= 0.3 is 5.97 Å². The second-order valence-electron chi connectivity index (χ2n) is 7.09. The van der Waals surface area contributed by atoms with Crippen molar-refractivity contribution in [3.05, 3.63) is 35.4 Å². The van der Waals surface area contributed by atoms with Crippen molar-refractivity contribution in [3.8, 4) is 11.5 Å². The second kappa shape index (κ2) is 7.43. The van der Waals surface area contributed by atoms with Crippen LogP contribution in [0.5, 0.6) is 11.5 Å². The van der Waals surface area contributed by atoms with E-state index in [9.17, 15) is 25.2 Å². The van der Waals surface area contributed by atoms with Gasteiger partial charge in [0.2, 0.25) is 6.29 Å². The molecule has 4 rings (SSSR count). The lowest BCUT2D eigenvalue weighted by molar-refractivity contribution is -0.277. The van der Waals surface area contributed by atoms with Crippen LogP contribution in [0.3, 0.4) is 0 Å². The van der Waals surface area contributed by atoms with Gasteiger partial charge < -0.3 is 39.4 Å². The summed E-state index contributed by atoms with van der Waals surface area (Å²) in [6.45, 7) is 1.10.